The predicted octanol–water partition coefficient (Wildman–Crippen LogP) is 1.22. The second-order valence-corrected chi connectivity index (χ2v) is 4.69. The molecule has 1 aliphatic rings. The molecule has 2 atom stereocenters. The minimum atomic E-state index is -0.420. The van der Waals surface area contributed by atoms with Crippen molar-refractivity contribution in [2.45, 2.75) is 31.9 Å². The topological polar surface area (TPSA) is 49.8 Å². The number of hydrogen-bond donors (Lipinski definition) is 1. The number of hydrogen-bond acceptors (Lipinski definition) is 3. The summed E-state index contributed by atoms with van der Waals surface area (Å²) in [5, 5.41) is 9.95. The summed E-state index contributed by atoms with van der Waals surface area (Å²) in [4.78, 5) is 13.2. The largest absolute Gasteiger partial charge is 0.497 e. The van der Waals surface area contributed by atoms with E-state index in [0.717, 1.165) is 11.3 Å². The van der Waals surface area contributed by atoms with Crippen molar-refractivity contribution in [1.29, 1.82) is 0 Å². The van der Waals surface area contributed by atoms with E-state index in [1.165, 1.54) is 0 Å². The molecule has 1 aliphatic heterocycles. The smallest absolute Gasteiger partial charge is 0.219 e. The van der Waals surface area contributed by atoms with Crippen LogP contribution in [0.2, 0.25) is 0 Å². The fourth-order valence-corrected chi connectivity index (χ4v) is 2.48. The van der Waals surface area contributed by atoms with E-state index in [1.54, 1.807) is 18.9 Å². The number of methoxy groups -OCH3 is 1. The normalized spacial score (nSPS) is 23.2. The van der Waals surface area contributed by atoms with Gasteiger partial charge in [0.1, 0.15) is 5.75 Å². The van der Waals surface area contributed by atoms with Gasteiger partial charge in [-0.1, -0.05) is 12.1 Å². The Balaban J connectivity index is 2.08. The number of carbonyl (C=O) groups excluding carboxylic acids is 1. The molecule has 1 amide bonds. The van der Waals surface area contributed by atoms with E-state index in [0.29, 0.717) is 19.4 Å². The van der Waals surface area contributed by atoms with Crippen molar-refractivity contribution in [3.63, 3.8) is 0 Å². The van der Waals surface area contributed by atoms with E-state index in [1.807, 2.05) is 24.3 Å². The van der Waals surface area contributed by atoms with Crippen molar-refractivity contribution in [3.8, 4) is 5.75 Å². The summed E-state index contributed by atoms with van der Waals surface area (Å²) >= 11 is 0. The summed E-state index contributed by atoms with van der Waals surface area (Å²) in [6.07, 6.45) is 0.932. The highest BCUT2D eigenvalue weighted by Gasteiger charge is 2.34. The van der Waals surface area contributed by atoms with Crippen LogP contribution in [-0.2, 0) is 11.2 Å². The Bertz CT molecular complexity index is 416. The standard InChI is InChI=1S/C14H19NO3/c1-10(16)15-8-7-14(17)13(15)9-11-3-5-12(18-2)6-4-11/h3-6,13-14,17H,7-9H2,1-2H3. The molecule has 98 valence electrons. The Hall–Kier alpha value is -1.55. The minimum Gasteiger partial charge on any atom is -0.497 e. The molecule has 1 N–H and O–H groups in total. The maximum atomic E-state index is 11.5. The van der Waals surface area contributed by atoms with E-state index in [9.17, 15) is 9.90 Å². The summed E-state index contributed by atoms with van der Waals surface area (Å²) in [6, 6.07) is 7.64. The van der Waals surface area contributed by atoms with Gasteiger partial charge in [-0.3, -0.25) is 4.79 Å². The first-order valence-electron chi connectivity index (χ1n) is 6.20. The van der Waals surface area contributed by atoms with Gasteiger partial charge in [0.05, 0.1) is 19.3 Å². The fourth-order valence-electron chi connectivity index (χ4n) is 2.48. The highest BCUT2D eigenvalue weighted by atomic mass is 16.5. The van der Waals surface area contributed by atoms with E-state index in [-0.39, 0.29) is 11.9 Å². The summed E-state index contributed by atoms with van der Waals surface area (Å²) in [6.45, 7) is 2.20. The first-order valence-corrected chi connectivity index (χ1v) is 6.20. The monoisotopic (exact) mass is 249 g/mol. The van der Waals surface area contributed by atoms with Gasteiger partial charge in [-0.25, -0.2) is 0 Å². The van der Waals surface area contributed by atoms with Gasteiger partial charge in [-0.2, -0.15) is 0 Å². The molecule has 0 spiro atoms. The molecule has 4 nitrogen and oxygen atoms in total. The maximum Gasteiger partial charge on any atom is 0.219 e. The Kier molecular flexibility index (Phi) is 3.87. The molecule has 4 heteroatoms. The van der Waals surface area contributed by atoms with Gasteiger partial charge in [-0.05, 0) is 30.5 Å². The highest BCUT2D eigenvalue weighted by Crippen LogP contribution is 2.23. The van der Waals surface area contributed by atoms with Crippen LogP contribution in [0.4, 0.5) is 0 Å². The van der Waals surface area contributed by atoms with Crippen molar-refractivity contribution < 1.29 is 14.6 Å². The van der Waals surface area contributed by atoms with Crippen LogP contribution in [0.25, 0.3) is 0 Å². The zero-order chi connectivity index (χ0) is 13.1. The predicted molar refractivity (Wildman–Crippen MR) is 68.5 cm³/mol. The second kappa shape index (κ2) is 5.40. The van der Waals surface area contributed by atoms with Gasteiger partial charge in [0.25, 0.3) is 0 Å². The third-order valence-electron chi connectivity index (χ3n) is 3.52. The Morgan fingerprint density at radius 2 is 2.11 bits per heavy atom. The first-order chi connectivity index (χ1) is 8.61. The lowest BCUT2D eigenvalue weighted by Gasteiger charge is -2.25. The molecule has 1 fully saturated rings. The first kappa shape index (κ1) is 12.9. The van der Waals surface area contributed by atoms with E-state index < -0.39 is 6.10 Å². The molecule has 1 aromatic carbocycles. The van der Waals surface area contributed by atoms with Crippen LogP contribution >= 0.6 is 0 Å². The molecule has 18 heavy (non-hydrogen) atoms. The number of likely N-dealkylation sites (tertiary alicyclic amines) is 1. The number of rotatable bonds is 3. The van der Waals surface area contributed by atoms with Crippen LogP contribution < -0.4 is 4.74 Å². The van der Waals surface area contributed by atoms with Crippen molar-refractivity contribution >= 4 is 5.91 Å². The molecule has 1 aromatic rings. The van der Waals surface area contributed by atoms with Crippen molar-refractivity contribution in [2.24, 2.45) is 0 Å². The van der Waals surface area contributed by atoms with Crippen molar-refractivity contribution in [3.05, 3.63) is 29.8 Å². The second-order valence-electron chi connectivity index (χ2n) is 4.69. The lowest BCUT2D eigenvalue weighted by atomic mass is 10.0. The van der Waals surface area contributed by atoms with E-state index in [2.05, 4.69) is 0 Å². The molecule has 0 aromatic heterocycles. The van der Waals surface area contributed by atoms with Gasteiger partial charge in [0, 0.05) is 13.5 Å². The van der Waals surface area contributed by atoms with Gasteiger partial charge >= 0.3 is 0 Å². The number of amides is 1. The Labute approximate surface area is 107 Å². The average molecular weight is 249 g/mol. The highest BCUT2D eigenvalue weighted by molar-refractivity contribution is 5.74. The third kappa shape index (κ3) is 2.64. The molecule has 2 unspecified atom stereocenters. The van der Waals surface area contributed by atoms with Crippen molar-refractivity contribution in [2.75, 3.05) is 13.7 Å². The van der Waals surface area contributed by atoms with Crippen LogP contribution in [0.1, 0.15) is 18.9 Å². The van der Waals surface area contributed by atoms with Gasteiger partial charge in [-0.15, -0.1) is 0 Å². The van der Waals surface area contributed by atoms with Crippen molar-refractivity contribution in [1.82, 2.24) is 4.90 Å². The lowest BCUT2D eigenvalue weighted by molar-refractivity contribution is -0.130. The van der Waals surface area contributed by atoms with Crippen LogP contribution in [0.15, 0.2) is 24.3 Å². The number of nitrogens with zero attached hydrogens (tertiary/aromatic N) is 1. The molecular formula is C14H19NO3. The number of ether oxygens (including phenoxy) is 1. The number of benzene rings is 1. The molecule has 2 rings (SSSR count). The van der Waals surface area contributed by atoms with Crippen LogP contribution in [0.5, 0.6) is 5.75 Å². The summed E-state index contributed by atoms with van der Waals surface area (Å²) in [5.74, 6) is 0.846. The SMILES string of the molecule is COc1ccc(CC2C(O)CCN2C(C)=O)cc1. The van der Waals surface area contributed by atoms with Crippen LogP contribution in [0, 0.1) is 0 Å². The zero-order valence-electron chi connectivity index (χ0n) is 10.8. The number of aliphatic hydroxyl groups is 1. The van der Waals surface area contributed by atoms with Gasteiger partial charge < -0.3 is 14.7 Å². The van der Waals surface area contributed by atoms with Crippen LogP contribution in [0.3, 0.4) is 0 Å². The Morgan fingerprint density at radius 3 is 2.67 bits per heavy atom. The minimum absolute atomic E-state index is 0.0325. The number of carbonyl (C=O) groups is 1. The van der Waals surface area contributed by atoms with Gasteiger partial charge in [0.15, 0.2) is 0 Å². The fraction of sp³-hybridized carbons (Fsp3) is 0.500. The van der Waals surface area contributed by atoms with Gasteiger partial charge in [0.2, 0.25) is 5.91 Å². The lowest BCUT2D eigenvalue weighted by Crippen LogP contribution is -2.39. The van der Waals surface area contributed by atoms with E-state index >= 15 is 0 Å². The summed E-state index contributed by atoms with van der Waals surface area (Å²) < 4.78 is 5.11. The molecule has 1 heterocycles. The molecule has 0 saturated carbocycles. The molecular weight excluding hydrogens is 230 g/mol. The van der Waals surface area contributed by atoms with E-state index in [4.69, 9.17) is 4.74 Å². The summed E-state index contributed by atoms with van der Waals surface area (Å²) in [5.41, 5.74) is 1.10. The average Bonchev–Trinajstić information content (AvgIpc) is 2.72. The quantitative estimate of drug-likeness (QED) is 0.876. The van der Waals surface area contributed by atoms with Crippen LogP contribution in [-0.4, -0.2) is 41.7 Å². The third-order valence-corrected chi connectivity index (χ3v) is 3.52. The maximum absolute atomic E-state index is 11.5. The molecule has 0 aliphatic carbocycles. The molecule has 0 radical (unpaired) electrons. The molecule has 0 bridgehead atoms. The zero-order valence-corrected chi connectivity index (χ0v) is 10.8. The number of aliphatic hydroxyl groups excluding tert-OH is 1. The molecule has 1 saturated heterocycles. The Morgan fingerprint density at radius 1 is 1.44 bits per heavy atom. The summed E-state index contributed by atoms with van der Waals surface area (Å²) in [7, 11) is 1.63.